The van der Waals surface area contributed by atoms with E-state index in [1.807, 2.05) is 0 Å². The summed E-state index contributed by atoms with van der Waals surface area (Å²) in [5, 5.41) is 2.52. The molecule has 1 aliphatic heterocycles. The number of Topliss-reactive ketones (excluding diaryl/α,β-unsaturated/α-hetero) is 1. The molecule has 0 radical (unpaired) electrons. The number of ether oxygens (including phenoxy) is 4. The first-order chi connectivity index (χ1) is 13.9. The lowest BCUT2D eigenvalue weighted by molar-refractivity contribution is -0.146. The summed E-state index contributed by atoms with van der Waals surface area (Å²) in [5.41, 5.74) is 0.839. The van der Waals surface area contributed by atoms with Crippen molar-refractivity contribution in [3.63, 3.8) is 0 Å². The standard InChI is InChI=1S/C20H18FNO7/c1-11(23)13-7-17-18(29-10-28-17)8-15(13)22-19(24)9-27-20(25)6-12-3-4-16(26-2)14(21)5-12/h3-5,7-8H,6,9-10H2,1-2H3,(H,22,24). The Balaban J connectivity index is 1.58. The average molecular weight is 403 g/mol. The molecule has 8 nitrogen and oxygen atoms in total. The van der Waals surface area contributed by atoms with Gasteiger partial charge in [0, 0.05) is 11.6 Å². The summed E-state index contributed by atoms with van der Waals surface area (Å²) in [4.78, 5) is 35.9. The fraction of sp³-hybridized carbons (Fsp3) is 0.250. The number of methoxy groups -OCH3 is 1. The van der Waals surface area contributed by atoms with Crippen molar-refractivity contribution < 1.29 is 37.7 Å². The topological polar surface area (TPSA) is 100 Å². The van der Waals surface area contributed by atoms with Crippen molar-refractivity contribution >= 4 is 23.3 Å². The van der Waals surface area contributed by atoms with E-state index in [1.165, 1.54) is 38.3 Å². The summed E-state index contributed by atoms with van der Waals surface area (Å²) in [6.45, 7) is 0.804. The first-order valence-corrected chi connectivity index (χ1v) is 8.60. The number of carbonyl (C=O) groups is 3. The number of esters is 1. The fourth-order valence-electron chi connectivity index (χ4n) is 2.71. The number of fused-ring (bicyclic) bond motifs is 1. The van der Waals surface area contributed by atoms with Crippen LogP contribution in [0, 0.1) is 5.82 Å². The van der Waals surface area contributed by atoms with E-state index in [-0.39, 0.29) is 36.0 Å². The van der Waals surface area contributed by atoms with Gasteiger partial charge in [-0.05, 0) is 30.7 Å². The highest BCUT2D eigenvalue weighted by molar-refractivity contribution is 6.05. The number of benzene rings is 2. The molecule has 0 aliphatic carbocycles. The number of amides is 1. The molecule has 0 bridgehead atoms. The Kier molecular flexibility index (Phi) is 5.96. The molecule has 9 heteroatoms. The van der Waals surface area contributed by atoms with Gasteiger partial charge in [0.25, 0.3) is 5.91 Å². The van der Waals surface area contributed by atoms with Crippen LogP contribution in [0.15, 0.2) is 30.3 Å². The zero-order valence-electron chi connectivity index (χ0n) is 15.7. The van der Waals surface area contributed by atoms with Gasteiger partial charge >= 0.3 is 5.97 Å². The van der Waals surface area contributed by atoms with E-state index in [2.05, 4.69) is 5.32 Å². The predicted molar refractivity (Wildman–Crippen MR) is 98.8 cm³/mol. The number of ketones is 1. The molecule has 3 rings (SSSR count). The van der Waals surface area contributed by atoms with Crippen LogP contribution in [0.2, 0.25) is 0 Å². The number of carbonyl (C=O) groups excluding carboxylic acids is 3. The van der Waals surface area contributed by atoms with E-state index in [1.54, 1.807) is 0 Å². The second-order valence-corrected chi connectivity index (χ2v) is 6.16. The summed E-state index contributed by atoms with van der Waals surface area (Å²) in [5.74, 6) is -1.36. The number of anilines is 1. The monoisotopic (exact) mass is 403 g/mol. The summed E-state index contributed by atoms with van der Waals surface area (Å²) in [6, 6.07) is 7.03. The molecule has 152 valence electrons. The largest absolute Gasteiger partial charge is 0.494 e. The van der Waals surface area contributed by atoms with Crippen molar-refractivity contribution in [2.45, 2.75) is 13.3 Å². The quantitative estimate of drug-likeness (QED) is 0.560. The van der Waals surface area contributed by atoms with Gasteiger partial charge in [-0.15, -0.1) is 0 Å². The first-order valence-electron chi connectivity index (χ1n) is 8.60. The Morgan fingerprint density at radius 3 is 2.52 bits per heavy atom. The Morgan fingerprint density at radius 1 is 1.14 bits per heavy atom. The van der Waals surface area contributed by atoms with E-state index >= 15 is 0 Å². The zero-order valence-corrected chi connectivity index (χ0v) is 15.7. The smallest absolute Gasteiger partial charge is 0.310 e. The van der Waals surface area contributed by atoms with Gasteiger partial charge in [0.1, 0.15) is 0 Å². The first kappa shape index (κ1) is 20.1. The van der Waals surface area contributed by atoms with Gasteiger partial charge in [-0.2, -0.15) is 0 Å². The Labute approximate surface area is 165 Å². The van der Waals surface area contributed by atoms with Crippen molar-refractivity contribution in [3.05, 3.63) is 47.3 Å². The van der Waals surface area contributed by atoms with Gasteiger partial charge in [-0.1, -0.05) is 6.07 Å². The van der Waals surface area contributed by atoms with E-state index in [9.17, 15) is 18.8 Å². The second kappa shape index (κ2) is 8.59. The number of hydrogen-bond donors (Lipinski definition) is 1. The maximum absolute atomic E-state index is 13.7. The highest BCUT2D eigenvalue weighted by Gasteiger charge is 2.21. The van der Waals surface area contributed by atoms with Gasteiger partial charge in [0.2, 0.25) is 6.79 Å². The van der Waals surface area contributed by atoms with Crippen molar-refractivity contribution in [3.8, 4) is 17.2 Å². The zero-order chi connectivity index (χ0) is 21.0. The lowest BCUT2D eigenvalue weighted by atomic mass is 10.1. The molecule has 0 saturated carbocycles. The molecule has 0 atom stereocenters. The van der Waals surface area contributed by atoms with Crippen molar-refractivity contribution in [2.75, 3.05) is 25.8 Å². The number of hydrogen-bond acceptors (Lipinski definition) is 7. The second-order valence-electron chi connectivity index (χ2n) is 6.16. The van der Waals surface area contributed by atoms with Crippen LogP contribution in [0.4, 0.5) is 10.1 Å². The van der Waals surface area contributed by atoms with Crippen LogP contribution >= 0.6 is 0 Å². The fourth-order valence-corrected chi connectivity index (χ4v) is 2.71. The molecule has 0 aromatic heterocycles. The third-order valence-corrected chi connectivity index (χ3v) is 4.10. The van der Waals surface area contributed by atoms with Crippen LogP contribution in [-0.4, -0.2) is 38.2 Å². The Bertz CT molecular complexity index is 974. The van der Waals surface area contributed by atoms with Gasteiger partial charge in [-0.3, -0.25) is 14.4 Å². The van der Waals surface area contributed by atoms with Gasteiger partial charge in [0.15, 0.2) is 35.5 Å². The van der Waals surface area contributed by atoms with E-state index < -0.39 is 24.3 Å². The molecule has 0 saturated heterocycles. The summed E-state index contributed by atoms with van der Waals surface area (Å²) >= 11 is 0. The summed E-state index contributed by atoms with van der Waals surface area (Å²) < 4.78 is 33.9. The Morgan fingerprint density at radius 2 is 1.86 bits per heavy atom. The van der Waals surface area contributed by atoms with Gasteiger partial charge in [-0.25, -0.2) is 4.39 Å². The molecule has 2 aromatic carbocycles. The molecule has 0 fully saturated rings. The van der Waals surface area contributed by atoms with Gasteiger partial charge < -0.3 is 24.3 Å². The van der Waals surface area contributed by atoms with E-state index in [0.717, 1.165) is 6.07 Å². The lowest BCUT2D eigenvalue weighted by Crippen LogP contribution is -2.22. The van der Waals surface area contributed by atoms with Crippen LogP contribution < -0.4 is 19.5 Å². The SMILES string of the molecule is COc1ccc(CC(=O)OCC(=O)Nc2cc3c(cc2C(C)=O)OCO3)cc1F. The molecule has 29 heavy (non-hydrogen) atoms. The van der Waals surface area contributed by atoms with E-state index in [0.29, 0.717) is 17.1 Å². The van der Waals surface area contributed by atoms with Crippen LogP contribution in [0.1, 0.15) is 22.8 Å². The molecule has 1 amide bonds. The van der Waals surface area contributed by atoms with Crippen LogP contribution in [0.5, 0.6) is 17.2 Å². The van der Waals surface area contributed by atoms with Crippen LogP contribution in [0.25, 0.3) is 0 Å². The van der Waals surface area contributed by atoms with Crippen molar-refractivity contribution in [2.24, 2.45) is 0 Å². The Hall–Kier alpha value is -3.62. The average Bonchev–Trinajstić information content (AvgIpc) is 3.13. The lowest BCUT2D eigenvalue weighted by Gasteiger charge is -2.11. The molecule has 2 aromatic rings. The molecule has 0 unspecified atom stereocenters. The minimum absolute atomic E-state index is 0.0215. The maximum Gasteiger partial charge on any atom is 0.310 e. The van der Waals surface area contributed by atoms with E-state index in [4.69, 9.17) is 18.9 Å². The summed E-state index contributed by atoms with van der Waals surface area (Å²) in [7, 11) is 1.34. The molecule has 1 aliphatic rings. The third kappa shape index (κ3) is 4.81. The van der Waals surface area contributed by atoms with Crippen LogP contribution in [-0.2, 0) is 20.7 Å². The third-order valence-electron chi connectivity index (χ3n) is 4.10. The van der Waals surface area contributed by atoms with Crippen LogP contribution in [0.3, 0.4) is 0 Å². The highest BCUT2D eigenvalue weighted by atomic mass is 19.1. The number of rotatable bonds is 7. The molecular weight excluding hydrogens is 385 g/mol. The minimum Gasteiger partial charge on any atom is -0.494 e. The summed E-state index contributed by atoms with van der Waals surface area (Å²) in [6.07, 6.45) is -0.211. The normalized spacial score (nSPS) is 11.7. The van der Waals surface area contributed by atoms with Crippen molar-refractivity contribution in [1.82, 2.24) is 0 Å². The molecule has 1 heterocycles. The minimum atomic E-state index is -0.706. The van der Waals surface area contributed by atoms with Crippen molar-refractivity contribution in [1.29, 1.82) is 0 Å². The number of halogens is 1. The highest BCUT2D eigenvalue weighted by Crippen LogP contribution is 2.37. The molecule has 1 N–H and O–H groups in total. The number of nitrogens with one attached hydrogen (secondary N) is 1. The predicted octanol–water partition coefficient (Wildman–Crippen LogP) is 2.49. The van der Waals surface area contributed by atoms with Gasteiger partial charge in [0.05, 0.1) is 19.2 Å². The maximum atomic E-state index is 13.7. The molecular formula is C20H18FNO7. The molecule has 0 spiro atoms.